The fourth-order valence-electron chi connectivity index (χ4n) is 2.45. The van der Waals surface area contributed by atoms with E-state index in [2.05, 4.69) is 0 Å². The second-order valence-corrected chi connectivity index (χ2v) is 5.25. The van der Waals surface area contributed by atoms with Crippen molar-refractivity contribution in [1.82, 2.24) is 0 Å². The van der Waals surface area contributed by atoms with Gasteiger partial charge in [-0.1, -0.05) is 0 Å². The van der Waals surface area contributed by atoms with E-state index >= 15 is 0 Å². The first kappa shape index (κ1) is 13.4. The van der Waals surface area contributed by atoms with Crippen LogP contribution in [-0.2, 0) is 9.47 Å². The van der Waals surface area contributed by atoms with Gasteiger partial charge in [0.15, 0.2) is 0 Å². The van der Waals surface area contributed by atoms with Crippen molar-refractivity contribution in [2.24, 2.45) is 11.3 Å². The Morgan fingerprint density at radius 1 is 1.35 bits per heavy atom. The summed E-state index contributed by atoms with van der Waals surface area (Å²) >= 11 is 5.94. The van der Waals surface area contributed by atoms with Crippen molar-refractivity contribution >= 4 is 11.6 Å². The normalized spacial score (nSPS) is 34.2. The lowest BCUT2D eigenvalue weighted by Crippen LogP contribution is -2.40. The van der Waals surface area contributed by atoms with Gasteiger partial charge in [0.2, 0.25) is 0 Å². The molecular weight excluding hydrogens is 257 g/mol. The third kappa shape index (κ3) is 3.26. The number of hydrogen-bond acceptors (Lipinski definition) is 2. The molecule has 2 nitrogen and oxygen atoms in total. The van der Waals surface area contributed by atoms with Crippen molar-refractivity contribution in [2.45, 2.75) is 31.5 Å². The molecule has 0 amide bonds. The van der Waals surface area contributed by atoms with Crippen LogP contribution in [0, 0.1) is 11.3 Å². The van der Waals surface area contributed by atoms with Crippen LogP contribution in [0.25, 0.3) is 0 Å². The highest BCUT2D eigenvalue weighted by Gasteiger charge is 2.51. The van der Waals surface area contributed by atoms with Gasteiger partial charge in [0, 0.05) is 17.9 Å². The third-order valence-corrected chi connectivity index (χ3v) is 4.00. The molecule has 6 heteroatoms. The molecule has 0 aromatic carbocycles. The van der Waals surface area contributed by atoms with Gasteiger partial charge in [-0.2, -0.15) is 13.2 Å². The summed E-state index contributed by atoms with van der Waals surface area (Å²) < 4.78 is 46.5. The number of hydrogen-bond donors (Lipinski definition) is 0. The summed E-state index contributed by atoms with van der Waals surface area (Å²) in [5, 5.41) is 0. The Balaban J connectivity index is 1.89. The van der Waals surface area contributed by atoms with Crippen LogP contribution in [0.5, 0.6) is 0 Å². The average molecular weight is 273 g/mol. The van der Waals surface area contributed by atoms with E-state index in [4.69, 9.17) is 21.1 Å². The minimum Gasteiger partial charge on any atom is -0.377 e. The first-order valence-corrected chi connectivity index (χ1v) is 6.32. The van der Waals surface area contributed by atoms with E-state index in [-0.39, 0.29) is 12.7 Å². The smallest absolute Gasteiger partial charge is 0.377 e. The zero-order chi connectivity index (χ0) is 12.5. The summed E-state index contributed by atoms with van der Waals surface area (Å²) in [5.41, 5.74) is -0.423. The van der Waals surface area contributed by atoms with Gasteiger partial charge >= 0.3 is 6.18 Å². The highest BCUT2D eigenvalue weighted by atomic mass is 35.5. The molecule has 1 saturated carbocycles. The quantitative estimate of drug-likeness (QED) is 0.717. The lowest BCUT2D eigenvalue weighted by molar-refractivity contribution is -0.182. The van der Waals surface area contributed by atoms with Gasteiger partial charge in [-0.3, -0.25) is 0 Å². The van der Waals surface area contributed by atoms with Crippen LogP contribution in [0.15, 0.2) is 0 Å². The van der Waals surface area contributed by atoms with Crippen LogP contribution in [0.2, 0.25) is 0 Å². The molecular formula is C11H16ClF3O2. The molecule has 0 aromatic rings. The zero-order valence-corrected chi connectivity index (χ0v) is 10.2. The van der Waals surface area contributed by atoms with Crippen LogP contribution >= 0.6 is 11.6 Å². The molecule has 100 valence electrons. The molecule has 17 heavy (non-hydrogen) atoms. The van der Waals surface area contributed by atoms with Crippen LogP contribution < -0.4 is 0 Å². The maximum atomic E-state index is 12.0. The van der Waals surface area contributed by atoms with Gasteiger partial charge in [-0.15, -0.1) is 11.6 Å². The van der Waals surface area contributed by atoms with Crippen LogP contribution in [0.3, 0.4) is 0 Å². The molecule has 2 unspecified atom stereocenters. The first-order valence-electron chi connectivity index (χ1n) is 5.79. The second-order valence-electron chi connectivity index (χ2n) is 4.98. The molecule has 1 saturated heterocycles. The van der Waals surface area contributed by atoms with Crippen molar-refractivity contribution in [3.8, 4) is 0 Å². The van der Waals surface area contributed by atoms with Gasteiger partial charge in [-0.05, 0) is 25.2 Å². The van der Waals surface area contributed by atoms with Crippen molar-refractivity contribution < 1.29 is 22.6 Å². The number of alkyl halides is 4. The topological polar surface area (TPSA) is 18.5 Å². The zero-order valence-electron chi connectivity index (χ0n) is 9.43. The molecule has 1 aliphatic carbocycles. The fourth-order valence-corrected chi connectivity index (χ4v) is 2.81. The van der Waals surface area contributed by atoms with E-state index in [1.807, 2.05) is 0 Å². The van der Waals surface area contributed by atoms with Crippen molar-refractivity contribution in [3.63, 3.8) is 0 Å². The van der Waals surface area contributed by atoms with E-state index < -0.39 is 18.2 Å². The molecule has 0 aromatic heterocycles. The first-order chi connectivity index (χ1) is 7.97. The standard InChI is InChI=1S/C11H16ClF3O2/c12-5-10(6-16-7-11(13,14)15)3-4-17-9(10)8-1-2-8/h8-9H,1-7H2. The van der Waals surface area contributed by atoms with Crippen LogP contribution in [0.1, 0.15) is 19.3 Å². The summed E-state index contributed by atoms with van der Waals surface area (Å²) in [6.07, 6.45) is -1.43. The summed E-state index contributed by atoms with van der Waals surface area (Å²) in [5.74, 6) is 0.761. The van der Waals surface area contributed by atoms with Gasteiger partial charge in [-0.25, -0.2) is 0 Å². The molecule has 0 N–H and O–H groups in total. The minimum absolute atomic E-state index is 0.0202. The van der Waals surface area contributed by atoms with E-state index in [9.17, 15) is 13.2 Å². The monoisotopic (exact) mass is 272 g/mol. The molecule has 0 bridgehead atoms. The molecule has 2 fully saturated rings. The fraction of sp³-hybridized carbons (Fsp3) is 1.00. The van der Waals surface area contributed by atoms with E-state index in [0.717, 1.165) is 12.8 Å². The Labute approximate surface area is 103 Å². The second kappa shape index (κ2) is 4.94. The highest BCUT2D eigenvalue weighted by Crippen LogP contribution is 2.48. The molecule has 2 aliphatic rings. The number of rotatable bonds is 5. The van der Waals surface area contributed by atoms with Crippen molar-refractivity contribution in [3.05, 3.63) is 0 Å². The predicted octanol–water partition coefficient (Wildman–Crippen LogP) is 2.99. The lowest BCUT2D eigenvalue weighted by atomic mass is 9.81. The number of ether oxygens (including phenoxy) is 2. The molecule has 2 rings (SSSR count). The SMILES string of the molecule is FC(F)(F)COCC1(CCl)CCOC1C1CC1. The van der Waals surface area contributed by atoms with Gasteiger partial charge in [0.1, 0.15) is 6.61 Å². The molecule has 0 spiro atoms. The number of halogens is 4. The van der Waals surface area contributed by atoms with E-state index in [1.54, 1.807) is 0 Å². The molecule has 2 atom stereocenters. The Hall–Kier alpha value is -0.0000000000000000208. The van der Waals surface area contributed by atoms with E-state index in [0.29, 0.717) is 24.8 Å². The largest absolute Gasteiger partial charge is 0.411 e. The maximum Gasteiger partial charge on any atom is 0.411 e. The maximum absolute atomic E-state index is 12.0. The molecule has 0 radical (unpaired) electrons. The van der Waals surface area contributed by atoms with Gasteiger partial charge in [0.25, 0.3) is 0 Å². The Morgan fingerprint density at radius 2 is 2.06 bits per heavy atom. The Morgan fingerprint density at radius 3 is 2.59 bits per heavy atom. The predicted molar refractivity (Wildman–Crippen MR) is 57.1 cm³/mol. The van der Waals surface area contributed by atoms with Gasteiger partial charge < -0.3 is 9.47 Å². The van der Waals surface area contributed by atoms with E-state index in [1.165, 1.54) is 0 Å². The molecule has 1 heterocycles. The third-order valence-electron chi connectivity index (χ3n) is 3.47. The van der Waals surface area contributed by atoms with Crippen molar-refractivity contribution in [2.75, 3.05) is 25.7 Å². The summed E-state index contributed by atoms with van der Waals surface area (Å²) in [6, 6.07) is 0. The van der Waals surface area contributed by atoms with Crippen molar-refractivity contribution in [1.29, 1.82) is 0 Å². The highest BCUT2D eigenvalue weighted by molar-refractivity contribution is 6.18. The lowest BCUT2D eigenvalue weighted by Gasteiger charge is -2.32. The van der Waals surface area contributed by atoms with Crippen LogP contribution in [-0.4, -0.2) is 38.0 Å². The Bertz CT molecular complexity index is 268. The summed E-state index contributed by atoms with van der Waals surface area (Å²) in [4.78, 5) is 0. The Kier molecular flexibility index (Phi) is 3.90. The average Bonchev–Trinajstić information content (AvgIpc) is 2.99. The minimum atomic E-state index is -4.28. The van der Waals surface area contributed by atoms with Gasteiger partial charge in [0.05, 0.1) is 12.7 Å². The summed E-state index contributed by atoms with van der Waals surface area (Å²) in [7, 11) is 0. The van der Waals surface area contributed by atoms with Crippen LogP contribution in [0.4, 0.5) is 13.2 Å². The summed E-state index contributed by atoms with van der Waals surface area (Å²) in [6.45, 7) is -0.594. The molecule has 1 aliphatic heterocycles.